The number of carbonyl (C=O) groups is 1. The van der Waals surface area contributed by atoms with Crippen LogP contribution in [0.3, 0.4) is 0 Å². The van der Waals surface area contributed by atoms with Crippen LogP contribution in [0.4, 0.5) is 5.69 Å². The molecule has 1 amide bonds. The zero-order chi connectivity index (χ0) is 21.5. The molecule has 3 aromatic rings. The Morgan fingerprint density at radius 3 is 2.70 bits per heavy atom. The van der Waals surface area contributed by atoms with Crippen LogP contribution in [0.2, 0.25) is 0 Å². The van der Waals surface area contributed by atoms with Crippen LogP contribution >= 0.6 is 0 Å². The van der Waals surface area contributed by atoms with Gasteiger partial charge in [0.15, 0.2) is 0 Å². The maximum atomic E-state index is 12.7. The minimum atomic E-state index is -0.200. The number of amides is 1. The number of anilines is 1. The number of aryl methyl sites for hydroxylation is 1. The van der Waals surface area contributed by atoms with E-state index >= 15 is 0 Å². The van der Waals surface area contributed by atoms with Gasteiger partial charge in [0, 0.05) is 23.8 Å². The monoisotopic (exact) mass is 399 g/mol. The van der Waals surface area contributed by atoms with E-state index < -0.39 is 0 Å². The Bertz CT molecular complexity index is 1140. The Balaban J connectivity index is 1.58. The van der Waals surface area contributed by atoms with Gasteiger partial charge in [-0.25, -0.2) is 5.43 Å². The third-order valence-electron chi connectivity index (χ3n) is 6.43. The van der Waals surface area contributed by atoms with Crippen molar-refractivity contribution in [2.75, 3.05) is 11.9 Å². The van der Waals surface area contributed by atoms with E-state index in [2.05, 4.69) is 62.3 Å². The van der Waals surface area contributed by atoms with Crippen LogP contribution in [0.5, 0.6) is 0 Å². The number of carbonyl (C=O) groups excluding carboxylic acids is 1. The molecule has 0 saturated heterocycles. The second-order valence-corrected chi connectivity index (χ2v) is 8.97. The van der Waals surface area contributed by atoms with Crippen LogP contribution in [-0.4, -0.2) is 24.7 Å². The molecule has 1 aliphatic rings. The standard InChI is InChI=1S/C26H29N3O/c1-17-13-24-23(18(2)15-26(3,4)29(24)5)14-20(17)16-27-28-25(30)22-12-8-10-19-9-6-7-11-21(19)22/h6-14,16,18H,15H2,1-5H3,(H,28,30)/b27-16-/t18-/m0/s1. The molecule has 1 aliphatic heterocycles. The number of hydrogen-bond acceptors (Lipinski definition) is 3. The van der Waals surface area contributed by atoms with Gasteiger partial charge in [-0.2, -0.15) is 5.10 Å². The van der Waals surface area contributed by atoms with E-state index in [0.717, 1.165) is 28.3 Å². The molecule has 154 valence electrons. The summed E-state index contributed by atoms with van der Waals surface area (Å²) < 4.78 is 0. The van der Waals surface area contributed by atoms with Gasteiger partial charge >= 0.3 is 0 Å². The SMILES string of the molecule is Cc1cc2c(cc1/C=N\NC(=O)c1cccc3ccccc13)[C@@H](C)CC(C)(C)N2C. The highest BCUT2D eigenvalue weighted by Crippen LogP contribution is 2.43. The Hall–Kier alpha value is -3.14. The second-order valence-electron chi connectivity index (χ2n) is 8.97. The van der Waals surface area contributed by atoms with E-state index in [-0.39, 0.29) is 11.4 Å². The van der Waals surface area contributed by atoms with Crippen LogP contribution in [-0.2, 0) is 0 Å². The van der Waals surface area contributed by atoms with Crippen molar-refractivity contribution in [1.82, 2.24) is 5.43 Å². The van der Waals surface area contributed by atoms with Crippen LogP contribution < -0.4 is 10.3 Å². The van der Waals surface area contributed by atoms with Gasteiger partial charge in [0.2, 0.25) is 0 Å². The molecule has 30 heavy (non-hydrogen) atoms. The zero-order valence-corrected chi connectivity index (χ0v) is 18.4. The predicted molar refractivity (Wildman–Crippen MR) is 126 cm³/mol. The van der Waals surface area contributed by atoms with Crippen molar-refractivity contribution in [3.63, 3.8) is 0 Å². The molecule has 0 unspecified atom stereocenters. The summed E-state index contributed by atoms with van der Waals surface area (Å²) in [6, 6.07) is 18.1. The van der Waals surface area contributed by atoms with E-state index in [1.54, 1.807) is 6.21 Å². The van der Waals surface area contributed by atoms with Gasteiger partial charge in [-0.3, -0.25) is 4.79 Å². The van der Waals surface area contributed by atoms with Crippen molar-refractivity contribution >= 4 is 28.6 Å². The fourth-order valence-corrected chi connectivity index (χ4v) is 4.52. The number of fused-ring (bicyclic) bond motifs is 2. The number of hydrazone groups is 1. The summed E-state index contributed by atoms with van der Waals surface area (Å²) >= 11 is 0. The van der Waals surface area contributed by atoms with Crippen LogP contribution in [0.15, 0.2) is 59.7 Å². The maximum absolute atomic E-state index is 12.7. The van der Waals surface area contributed by atoms with Crippen molar-refractivity contribution in [2.24, 2.45) is 5.10 Å². The molecular formula is C26H29N3O. The average Bonchev–Trinajstić information content (AvgIpc) is 2.72. The fraction of sp³-hybridized carbons (Fsp3) is 0.308. The van der Waals surface area contributed by atoms with Gasteiger partial charge in [0.25, 0.3) is 5.91 Å². The molecule has 4 rings (SSSR count). The predicted octanol–water partition coefficient (Wildman–Crippen LogP) is 5.63. The van der Waals surface area contributed by atoms with Gasteiger partial charge < -0.3 is 4.90 Å². The Kier molecular flexibility index (Phi) is 5.10. The third kappa shape index (κ3) is 3.58. The third-order valence-corrected chi connectivity index (χ3v) is 6.43. The molecule has 0 saturated carbocycles. The molecule has 3 aromatic carbocycles. The number of nitrogens with one attached hydrogen (secondary N) is 1. The molecule has 4 nitrogen and oxygen atoms in total. The van der Waals surface area contributed by atoms with E-state index in [1.807, 2.05) is 42.5 Å². The summed E-state index contributed by atoms with van der Waals surface area (Å²) in [4.78, 5) is 15.1. The van der Waals surface area contributed by atoms with Gasteiger partial charge in [-0.05, 0) is 78.8 Å². The van der Waals surface area contributed by atoms with Gasteiger partial charge in [-0.15, -0.1) is 0 Å². The number of benzene rings is 3. The molecule has 1 heterocycles. The van der Waals surface area contributed by atoms with Crippen molar-refractivity contribution in [2.45, 2.75) is 45.6 Å². The Labute approximate surface area is 178 Å². The summed E-state index contributed by atoms with van der Waals surface area (Å²) in [5, 5.41) is 6.24. The van der Waals surface area contributed by atoms with E-state index in [1.165, 1.54) is 11.3 Å². The van der Waals surface area contributed by atoms with Gasteiger partial charge in [0.1, 0.15) is 0 Å². The average molecular weight is 400 g/mol. The van der Waals surface area contributed by atoms with Crippen LogP contribution in [0, 0.1) is 6.92 Å². The second kappa shape index (κ2) is 7.60. The molecule has 0 aliphatic carbocycles. The summed E-state index contributed by atoms with van der Waals surface area (Å²) in [6.45, 7) is 8.96. The first-order chi connectivity index (χ1) is 14.3. The first kappa shape index (κ1) is 20.1. The lowest BCUT2D eigenvalue weighted by Crippen LogP contribution is -2.45. The van der Waals surface area contributed by atoms with Crippen LogP contribution in [0.25, 0.3) is 10.8 Å². The topological polar surface area (TPSA) is 44.7 Å². The maximum Gasteiger partial charge on any atom is 0.271 e. The molecule has 0 fully saturated rings. The lowest BCUT2D eigenvalue weighted by atomic mass is 9.79. The van der Waals surface area contributed by atoms with Gasteiger partial charge in [0.05, 0.1) is 6.21 Å². The summed E-state index contributed by atoms with van der Waals surface area (Å²) in [7, 11) is 2.17. The molecule has 4 heteroatoms. The lowest BCUT2D eigenvalue weighted by Gasteiger charge is -2.45. The van der Waals surface area contributed by atoms with Crippen molar-refractivity contribution in [3.05, 3.63) is 76.9 Å². The van der Waals surface area contributed by atoms with E-state index in [0.29, 0.717) is 11.5 Å². The quantitative estimate of drug-likeness (QED) is 0.458. The molecule has 1 atom stereocenters. The van der Waals surface area contributed by atoms with Gasteiger partial charge in [-0.1, -0.05) is 43.3 Å². The fourth-order valence-electron chi connectivity index (χ4n) is 4.52. The van der Waals surface area contributed by atoms with Crippen molar-refractivity contribution < 1.29 is 4.79 Å². The summed E-state index contributed by atoms with van der Waals surface area (Å²) in [5.41, 5.74) is 8.27. The summed E-state index contributed by atoms with van der Waals surface area (Å²) in [5.74, 6) is 0.276. The molecular weight excluding hydrogens is 370 g/mol. The number of nitrogens with zero attached hydrogens (tertiary/aromatic N) is 2. The highest BCUT2D eigenvalue weighted by atomic mass is 16.2. The highest BCUT2D eigenvalue weighted by Gasteiger charge is 2.34. The summed E-state index contributed by atoms with van der Waals surface area (Å²) in [6.07, 6.45) is 2.86. The normalized spacial score (nSPS) is 17.9. The van der Waals surface area contributed by atoms with Crippen molar-refractivity contribution in [3.8, 4) is 0 Å². The Morgan fingerprint density at radius 2 is 1.90 bits per heavy atom. The number of rotatable bonds is 3. The first-order valence-electron chi connectivity index (χ1n) is 10.5. The number of hydrogen-bond donors (Lipinski definition) is 1. The minimum Gasteiger partial charge on any atom is -0.369 e. The molecule has 0 aromatic heterocycles. The van der Waals surface area contributed by atoms with E-state index in [9.17, 15) is 4.79 Å². The van der Waals surface area contributed by atoms with Crippen molar-refractivity contribution in [1.29, 1.82) is 0 Å². The minimum absolute atomic E-state index is 0.140. The molecule has 0 bridgehead atoms. The van der Waals surface area contributed by atoms with E-state index in [4.69, 9.17) is 0 Å². The molecule has 0 spiro atoms. The zero-order valence-electron chi connectivity index (χ0n) is 18.4. The lowest BCUT2D eigenvalue weighted by molar-refractivity contribution is 0.0957. The van der Waals surface area contributed by atoms with Crippen LogP contribution in [0.1, 0.15) is 60.2 Å². The molecule has 0 radical (unpaired) electrons. The highest BCUT2D eigenvalue weighted by molar-refractivity contribution is 6.07. The largest absolute Gasteiger partial charge is 0.369 e. The smallest absolute Gasteiger partial charge is 0.271 e. The Morgan fingerprint density at radius 1 is 1.17 bits per heavy atom. The first-order valence-corrected chi connectivity index (χ1v) is 10.5. The molecule has 1 N–H and O–H groups in total.